The van der Waals surface area contributed by atoms with Crippen molar-refractivity contribution in [3.63, 3.8) is 0 Å². The highest BCUT2D eigenvalue weighted by Gasteiger charge is 2.04. The first-order valence-corrected chi connectivity index (χ1v) is 4.89. The van der Waals surface area contributed by atoms with Crippen molar-refractivity contribution < 1.29 is 14.2 Å². The summed E-state index contributed by atoms with van der Waals surface area (Å²) in [5.74, 6) is 0.147. The summed E-state index contributed by atoms with van der Waals surface area (Å²) in [5, 5.41) is 12.1. The lowest BCUT2D eigenvalue weighted by atomic mass is 10.2. The van der Waals surface area contributed by atoms with Crippen molar-refractivity contribution in [2.75, 3.05) is 19.0 Å². The Bertz CT molecular complexity index is 315. The van der Waals surface area contributed by atoms with Gasteiger partial charge in [0, 0.05) is 12.6 Å². The summed E-state index contributed by atoms with van der Waals surface area (Å²) < 4.78 is 17.9. The predicted octanol–water partition coefficient (Wildman–Crippen LogP) is 2.02. The third-order valence-corrected chi connectivity index (χ3v) is 2.04. The van der Waals surface area contributed by atoms with Crippen LogP contribution in [-0.4, -0.2) is 24.9 Å². The number of methoxy groups -OCH3 is 1. The highest BCUT2D eigenvalue weighted by molar-refractivity contribution is 5.56. The summed E-state index contributed by atoms with van der Waals surface area (Å²) in [7, 11) is 1.49. The SMILES string of the molecule is COc1cc(F)ccc1NCCC(C)O. The molecule has 0 aromatic heterocycles. The van der Waals surface area contributed by atoms with Crippen LogP contribution in [0.25, 0.3) is 0 Å². The molecule has 0 aliphatic carbocycles. The minimum absolute atomic E-state index is 0.326. The third kappa shape index (κ3) is 3.75. The monoisotopic (exact) mass is 213 g/mol. The van der Waals surface area contributed by atoms with Gasteiger partial charge < -0.3 is 15.2 Å². The number of aliphatic hydroxyl groups excluding tert-OH is 1. The van der Waals surface area contributed by atoms with Crippen LogP contribution in [0.15, 0.2) is 18.2 Å². The number of anilines is 1. The molecule has 3 nitrogen and oxygen atoms in total. The Labute approximate surface area is 88.9 Å². The van der Waals surface area contributed by atoms with Gasteiger partial charge in [0.15, 0.2) is 0 Å². The molecule has 0 radical (unpaired) electrons. The average Bonchev–Trinajstić information content (AvgIpc) is 2.19. The summed E-state index contributed by atoms with van der Waals surface area (Å²) in [6.07, 6.45) is 0.296. The first kappa shape index (κ1) is 11.8. The third-order valence-electron chi connectivity index (χ3n) is 2.04. The first-order valence-electron chi connectivity index (χ1n) is 4.89. The summed E-state index contributed by atoms with van der Waals surface area (Å²) in [4.78, 5) is 0. The Morgan fingerprint density at radius 2 is 2.27 bits per heavy atom. The van der Waals surface area contributed by atoms with E-state index >= 15 is 0 Å². The van der Waals surface area contributed by atoms with Gasteiger partial charge in [-0.05, 0) is 25.5 Å². The Morgan fingerprint density at radius 1 is 1.53 bits per heavy atom. The van der Waals surface area contributed by atoms with Crippen LogP contribution in [0, 0.1) is 5.82 Å². The van der Waals surface area contributed by atoms with E-state index in [9.17, 15) is 4.39 Å². The largest absolute Gasteiger partial charge is 0.494 e. The number of hydrogen-bond donors (Lipinski definition) is 2. The number of hydrogen-bond acceptors (Lipinski definition) is 3. The Morgan fingerprint density at radius 3 is 2.87 bits per heavy atom. The van der Waals surface area contributed by atoms with E-state index in [1.165, 1.54) is 19.2 Å². The zero-order valence-electron chi connectivity index (χ0n) is 8.96. The molecular formula is C11H16FNO2. The van der Waals surface area contributed by atoms with E-state index in [0.29, 0.717) is 18.7 Å². The molecule has 0 fully saturated rings. The van der Waals surface area contributed by atoms with Crippen LogP contribution in [-0.2, 0) is 0 Å². The van der Waals surface area contributed by atoms with Gasteiger partial charge in [0.2, 0.25) is 0 Å². The van der Waals surface area contributed by atoms with E-state index in [-0.39, 0.29) is 11.9 Å². The maximum Gasteiger partial charge on any atom is 0.144 e. The second-order valence-corrected chi connectivity index (χ2v) is 3.41. The fourth-order valence-electron chi connectivity index (χ4n) is 1.23. The van der Waals surface area contributed by atoms with E-state index in [1.54, 1.807) is 13.0 Å². The van der Waals surface area contributed by atoms with Crippen LogP contribution in [0.1, 0.15) is 13.3 Å². The smallest absolute Gasteiger partial charge is 0.144 e. The maximum absolute atomic E-state index is 12.8. The molecule has 1 atom stereocenters. The summed E-state index contributed by atoms with van der Waals surface area (Å²) >= 11 is 0. The molecule has 1 aromatic carbocycles. The second kappa shape index (κ2) is 5.56. The van der Waals surface area contributed by atoms with Gasteiger partial charge in [-0.25, -0.2) is 4.39 Å². The zero-order valence-corrected chi connectivity index (χ0v) is 8.96. The lowest BCUT2D eigenvalue weighted by molar-refractivity contribution is 0.188. The zero-order chi connectivity index (χ0) is 11.3. The summed E-state index contributed by atoms with van der Waals surface area (Å²) in [6, 6.07) is 4.31. The number of benzene rings is 1. The van der Waals surface area contributed by atoms with Gasteiger partial charge in [0.25, 0.3) is 0 Å². The Hall–Kier alpha value is -1.29. The second-order valence-electron chi connectivity index (χ2n) is 3.41. The van der Waals surface area contributed by atoms with Crippen LogP contribution in [0.3, 0.4) is 0 Å². The van der Waals surface area contributed by atoms with Crippen LogP contribution in [0.2, 0.25) is 0 Å². The molecule has 2 N–H and O–H groups in total. The van der Waals surface area contributed by atoms with Gasteiger partial charge in [0.05, 0.1) is 18.9 Å². The Kier molecular flexibility index (Phi) is 4.37. The van der Waals surface area contributed by atoms with Gasteiger partial charge in [0.1, 0.15) is 11.6 Å². The van der Waals surface area contributed by atoms with Crippen LogP contribution >= 0.6 is 0 Å². The number of aliphatic hydroxyl groups is 1. The van der Waals surface area contributed by atoms with Gasteiger partial charge in [-0.1, -0.05) is 0 Å². The van der Waals surface area contributed by atoms with Gasteiger partial charge in [-0.15, -0.1) is 0 Å². The highest BCUT2D eigenvalue weighted by atomic mass is 19.1. The average molecular weight is 213 g/mol. The predicted molar refractivity (Wildman–Crippen MR) is 57.7 cm³/mol. The summed E-state index contributed by atoms with van der Waals surface area (Å²) in [5.41, 5.74) is 0.736. The first-order chi connectivity index (χ1) is 7.13. The standard InChI is InChI=1S/C11H16FNO2/c1-8(14)5-6-13-10-4-3-9(12)7-11(10)15-2/h3-4,7-8,13-14H,5-6H2,1-2H3. The fourth-order valence-corrected chi connectivity index (χ4v) is 1.23. The molecular weight excluding hydrogens is 197 g/mol. The van der Waals surface area contributed by atoms with Crippen LogP contribution in [0.5, 0.6) is 5.75 Å². The van der Waals surface area contributed by atoms with E-state index in [0.717, 1.165) is 5.69 Å². The molecule has 0 heterocycles. The summed E-state index contributed by atoms with van der Waals surface area (Å²) in [6.45, 7) is 2.35. The van der Waals surface area contributed by atoms with Gasteiger partial charge in [-0.3, -0.25) is 0 Å². The van der Waals surface area contributed by atoms with E-state index in [2.05, 4.69) is 5.32 Å². The molecule has 0 saturated carbocycles. The van der Waals surface area contributed by atoms with Crippen molar-refractivity contribution in [3.05, 3.63) is 24.0 Å². The molecule has 0 bridgehead atoms. The topological polar surface area (TPSA) is 41.5 Å². The quantitative estimate of drug-likeness (QED) is 0.786. The van der Waals surface area contributed by atoms with Gasteiger partial charge >= 0.3 is 0 Å². The van der Waals surface area contributed by atoms with E-state index < -0.39 is 0 Å². The molecule has 1 aromatic rings. The van der Waals surface area contributed by atoms with Crippen molar-refractivity contribution in [2.24, 2.45) is 0 Å². The van der Waals surface area contributed by atoms with E-state index in [1.807, 2.05) is 0 Å². The molecule has 1 unspecified atom stereocenters. The van der Waals surface area contributed by atoms with Gasteiger partial charge in [-0.2, -0.15) is 0 Å². The van der Waals surface area contributed by atoms with Crippen molar-refractivity contribution in [2.45, 2.75) is 19.4 Å². The van der Waals surface area contributed by atoms with Crippen LogP contribution < -0.4 is 10.1 Å². The lowest BCUT2D eigenvalue weighted by Gasteiger charge is -2.11. The molecule has 84 valence electrons. The molecule has 0 saturated heterocycles. The number of rotatable bonds is 5. The molecule has 0 aliphatic rings. The molecule has 15 heavy (non-hydrogen) atoms. The number of ether oxygens (including phenoxy) is 1. The minimum atomic E-state index is -0.344. The number of halogens is 1. The normalized spacial score (nSPS) is 12.3. The molecule has 0 aliphatic heterocycles. The van der Waals surface area contributed by atoms with Crippen LogP contribution in [0.4, 0.5) is 10.1 Å². The number of nitrogens with one attached hydrogen (secondary N) is 1. The van der Waals surface area contributed by atoms with Crippen molar-refractivity contribution in [3.8, 4) is 5.75 Å². The fraction of sp³-hybridized carbons (Fsp3) is 0.455. The Balaban J connectivity index is 2.60. The molecule has 0 amide bonds. The highest BCUT2D eigenvalue weighted by Crippen LogP contribution is 2.24. The van der Waals surface area contributed by atoms with Crippen molar-refractivity contribution >= 4 is 5.69 Å². The van der Waals surface area contributed by atoms with Crippen molar-refractivity contribution in [1.29, 1.82) is 0 Å². The molecule has 1 rings (SSSR count). The maximum atomic E-state index is 12.8. The van der Waals surface area contributed by atoms with Crippen molar-refractivity contribution in [1.82, 2.24) is 0 Å². The lowest BCUT2D eigenvalue weighted by Crippen LogP contribution is -2.10. The van der Waals surface area contributed by atoms with E-state index in [4.69, 9.17) is 9.84 Å². The molecule has 4 heteroatoms. The molecule has 0 spiro atoms. The minimum Gasteiger partial charge on any atom is -0.494 e.